The van der Waals surface area contributed by atoms with Crippen molar-refractivity contribution in [3.63, 3.8) is 0 Å². The minimum atomic E-state index is -4.03. The highest BCUT2D eigenvalue weighted by Gasteiger charge is 2.19. The van der Waals surface area contributed by atoms with Crippen molar-refractivity contribution in [2.45, 2.75) is 4.90 Å². The first-order valence-electron chi connectivity index (χ1n) is 8.16. The third-order valence-corrected chi connectivity index (χ3v) is 5.57. The molecule has 9 nitrogen and oxygen atoms in total. The van der Waals surface area contributed by atoms with E-state index in [9.17, 15) is 18.0 Å². The second-order valence-corrected chi connectivity index (χ2v) is 7.69. The van der Waals surface area contributed by atoms with Gasteiger partial charge in [-0.2, -0.15) is 0 Å². The highest BCUT2D eigenvalue weighted by atomic mass is 32.2. The van der Waals surface area contributed by atoms with Crippen LogP contribution in [0, 0.1) is 0 Å². The number of pyridine rings is 1. The van der Waals surface area contributed by atoms with Gasteiger partial charge < -0.3 is 19.6 Å². The van der Waals surface area contributed by atoms with Gasteiger partial charge in [0.15, 0.2) is 11.5 Å². The summed E-state index contributed by atoms with van der Waals surface area (Å²) in [6, 6.07) is 8.49. The van der Waals surface area contributed by atoms with Gasteiger partial charge in [-0.3, -0.25) is 9.52 Å². The van der Waals surface area contributed by atoms with Crippen LogP contribution in [0.3, 0.4) is 0 Å². The van der Waals surface area contributed by atoms with E-state index >= 15 is 0 Å². The zero-order chi connectivity index (χ0) is 19.9. The smallest absolute Gasteiger partial charge is 0.341 e. The van der Waals surface area contributed by atoms with E-state index in [1.807, 2.05) is 0 Å². The van der Waals surface area contributed by atoms with Gasteiger partial charge in [-0.15, -0.1) is 0 Å². The lowest BCUT2D eigenvalue weighted by Crippen LogP contribution is -2.18. The van der Waals surface area contributed by atoms with E-state index in [-0.39, 0.29) is 16.0 Å². The fraction of sp³-hybridized carbons (Fsp3) is 0.111. The fourth-order valence-corrected chi connectivity index (χ4v) is 3.92. The number of hydrogen-bond acceptors (Lipinski definition) is 6. The highest BCUT2D eigenvalue weighted by Crippen LogP contribution is 2.33. The maximum atomic E-state index is 12.7. The van der Waals surface area contributed by atoms with Crippen LogP contribution in [0.1, 0.15) is 10.4 Å². The molecular weight excluding hydrogens is 388 g/mol. The maximum absolute atomic E-state index is 12.7. The number of carboxylic acid groups (broad SMARTS) is 1. The number of hydrogen-bond donors (Lipinski definition) is 3. The van der Waals surface area contributed by atoms with Crippen LogP contribution >= 0.6 is 0 Å². The van der Waals surface area contributed by atoms with Gasteiger partial charge in [0.25, 0.3) is 10.0 Å². The number of sulfonamides is 1. The van der Waals surface area contributed by atoms with Crippen LogP contribution in [0.15, 0.2) is 52.3 Å². The topological polar surface area (TPSA) is 135 Å². The molecule has 28 heavy (non-hydrogen) atoms. The number of aromatic nitrogens is 1. The van der Waals surface area contributed by atoms with Crippen molar-refractivity contribution in [1.82, 2.24) is 4.98 Å². The minimum absolute atomic E-state index is 0.0371. The van der Waals surface area contributed by atoms with Crippen molar-refractivity contribution in [2.75, 3.05) is 17.9 Å². The fourth-order valence-electron chi connectivity index (χ4n) is 2.84. The van der Waals surface area contributed by atoms with Crippen LogP contribution < -0.4 is 19.6 Å². The van der Waals surface area contributed by atoms with Crippen LogP contribution in [0.25, 0.3) is 10.9 Å². The average molecular weight is 402 g/mol. The largest absolute Gasteiger partial charge is 0.486 e. The van der Waals surface area contributed by atoms with E-state index in [0.29, 0.717) is 30.2 Å². The van der Waals surface area contributed by atoms with Crippen molar-refractivity contribution in [3.8, 4) is 11.5 Å². The molecule has 0 unspecified atom stereocenters. The Hall–Kier alpha value is -3.53. The predicted octanol–water partition coefficient (Wildman–Crippen LogP) is 1.80. The number of anilines is 1. The molecule has 0 radical (unpaired) electrons. The Balaban J connectivity index is 1.73. The molecule has 3 N–H and O–H groups in total. The number of benzene rings is 2. The molecule has 3 aromatic rings. The van der Waals surface area contributed by atoms with Crippen molar-refractivity contribution in [1.29, 1.82) is 0 Å². The summed E-state index contributed by atoms with van der Waals surface area (Å²) in [5.74, 6) is -0.453. The molecule has 2 aromatic carbocycles. The van der Waals surface area contributed by atoms with Gasteiger partial charge >= 0.3 is 5.97 Å². The first kappa shape index (κ1) is 17.9. The van der Waals surface area contributed by atoms with E-state index in [1.54, 1.807) is 6.07 Å². The van der Waals surface area contributed by atoms with Gasteiger partial charge in [-0.1, -0.05) is 0 Å². The summed E-state index contributed by atoms with van der Waals surface area (Å²) < 4.78 is 38.7. The Morgan fingerprint density at radius 1 is 1.07 bits per heavy atom. The number of fused-ring (bicyclic) bond motifs is 2. The van der Waals surface area contributed by atoms with E-state index in [0.717, 1.165) is 12.3 Å². The number of nitrogens with one attached hydrogen (secondary N) is 2. The molecule has 0 saturated carbocycles. The van der Waals surface area contributed by atoms with Gasteiger partial charge in [-0.25, -0.2) is 13.2 Å². The van der Waals surface area contributed by atoms with Gasteiger partial charge in [0.1, 0.15) is 18.8 Å². The molecular formula is C18H14N2O7S. The number of aromatic carboxylic acids is 1. The van der Waals surface area contributed by atoms with Crippen molar-refractivity contribution in [3.05, 3.63) is 58.4 Å². The normalized spacial score (nSPS) is 13.3. The molecule has 0 saturated heterocycles. The number of rotatable bonds is 4. The quantitative estimate of drug-likeness (QED) is 0.605. The van der Waals surface area contributed by atoms with Gasteiger partial charge in [-0.05, 0) is 30.3 Å². The third-order valence-electron chi connectivity index (χ3n) is 4.19. The van der Waals surface area contributed by atoms with E-state index in [2.05, 4.69) is 9.71 Å². The number of H-pyrrole nitrogens is 1. The monoisotopic (exact) mass is 402 g/mol. The summed E-state index contributed by atoms with van der Waals surface area (Å²) in [4.78, 5) is 26.0. The number of aromatic amines is 1. The van der Waals surface area contributed by atoms with Gasteiger partial charge in [0, 0.05) is 23.2 Å². The molecule has 4 rings (SSSR count). The molecule has 0 spiro atoms. The summed E-state index contributed by atoms with van der Waals surface area (Å²) in [5, 5.41) is 9.04. The van der Waals surface area contributed by atoms with Gasteiger partial charge in [0.2, 0.25) is 5.43 Å². The molecule has 0 fully saturated rings. The first-order valence-corrected chi connectivity index (χ1v) is 9.65. The van der Waals surface area contributed by atoms with Crippen LogP contribution in [-0.2, 0) is 10.0 Å². The summed E-state index contributed by atoms with van der Waals surface area (Å²) >= 11 is 0. The zero-order valence-corrected chi connectivity index (χ0v) is 15.1. The Kier molecular flexibility index (Phi) is 4.19. The molecule has 0 bridgehead atoms. The predicted molar refractivity (Wildman–Crippen MR) is 99.8 cm³/mol. The minimum Gasteiger partial charge on any atom is -0.486 e. The van der Waals surface area contributed by atoms with Gasteiger partial charge in [0.05, 0.1) is 10.6 Å². The second kappa shape index (κ2) is 6.57. The van der Waals surface area contributed by atoms with E-state index in [4.69, 9.17) is 14.6 Å². The molecule has 0 amide bonds. The summed E-state index contributed by atoms with van der Waals surface area (Å²) in [5.41, 5.74) is -0.648. The molecule has 0 aliphatic carbocycles. The average Bonchev–Trinajstić information content (AvgIpc) is 2.67. The Morgan fingerprint density at radius 2 is 1.82 bits per heavy atom. The lowest BCUT2D eigenvalue weighted by atomic mass is 10.1. The molecule has 1 aromatic heterocycles. The summed E-state index contributed by atoms with van der Waals surface area (Å²) in [7, 11) is -4.03. The molecule has 1 aliphatic rings. The second-order valence-electron chi connectivity index (χ2n) is 6.01. The number of ether oxygens (including phenoxy) is 2. The zero-order valence-electron chi connectivity index (χ0n) is 14.3. The molecule has 0 atom stereocenters. The van der Waals surface area contributed by atoms with Crippen LogP contribution in [0.4, 0.5) is 5.69 Å². The lowest BCUT2D eigenvalue weighted by molar-refractivity contribution is 0.0695. The molecule has 10 heteroatoms. The SMILES string of the molecule is O=C(O)c1c[nH]c2ccc(S(=O)(=O)Nc3ccc4c(c3)OCCO4)cc2c1=O. The van der Waals surface area contributed by atoms with E-state index in [1.165, 1.54) is 24.3 Å². The molecule has 1 aliphatic heterocycles. The van der Waals surface area contributed by atoms with Crippen molar-refractivity contribution in [2.24, 2.45) is 0 Å². The summed E-state index contributed by atoms with van der Waals surface area (Å²) in [6.45, 7) is 0.782. The number of carbonyl (C=O) groups is 1. The summed E-state index contributed by atoms with van der Waals surface area (Å²) in [6.07, 6.45) is 1.08. The number of carboxylic acids is 1. The van der Waals surface area contributed by atoms with Crippen LogP contribution in [-0.4, -0.2) is 37.7 Å². The Bertz CT molecular complexity index is 1260. The van der Waals surface area contributed by atoms with Crippen LogP contribution in [0.5, 0.6) is 11.5 Å². The molecule has 144 valence electrons. The lowest BCUT2D eigenvalue weighted by Gasteiger charge is -2.19. The standard InChI is InChI=1S/C18H14N2O7S/c21-17-12-8-11(2-3-14(12)19-9-13(17)18(22)23)28(24,25)20-10-1-4-15-16(7-10)27-6-5-26-15/h1-4,7-9,20H,5-6H2,(H,19,21)(H,22,23). The van der Waals surface area contributed by atoms with Crippen molar-refractivity contribution < 1.29 is 27.8 Å². The van der Waals surface area contributed by atoms with Crippen molar-refractivity contribution >= 4 is 32.6 Å². The Labute approximate surface area is 158 Å². The Morgan fingerprint density at radius 3 is 2.57 bits per heavy atom. The third kappa shape index (κ3) is 3.14. The van der Waals surface area contributed by atoms with E-state index < -0.39 is 27.0 Å². The van der Waals surface area contributed by atoms with Crippen LogP contribution in [0.2, 0.25) is 0 Å². The maximum Gasteiger partial charge on any atom is 0.341 e. The molecule has 2 heterocycles. The first-order chi connectivity index (χ1) is 13.3. The highest BCUT2D eigenvalue weighted by molar-refractivity contribution is 7.92.